The number of likely N-dealkylation sites (tertiary alicyclic amines) is 2. The third-order valence-corrected chi connectivity index (χ3v) is 14.3. The third kappa shape index (κ3) is 10.1. The van der Waals surface area contributed by atoms with Crippen molar-refractivity contribution in [2.45, 2.75) is 67.2 Å². The molecule has 2 saturated heterocycles. The maximum absolute atomic E-state index is 14.6. The van der Waals surface area contributed by atoms with Crippen molar-refractivity contribution in [1.29, 1.82) is 0 Å². The molecule has 288 valence electrons. The van der Waals surface area contributed by atoms with E-state index < -0.39 is 35.9 Å². The van der Waals surface area contributed by atoms with Crippen LogP contribution in [0.1, 0.15) is 61.7 Å². The second-order valence-electron chi connectivity index (χ2n) is 14.2. The number of carbonyl (C=O) groups is 5. The van der Waals surface area contributed by atoms with Gasteiger partial charge in [-0.2, -0.15) is 0 Å². The van der Waals surface area contributed by atoms with Crippen molar-refractivity contribution < 1.29 is 43.0 Å². The molecule has 2 aromatic carbocycles. The number of hydrogen-bond acceptors (Lipinski definition) is 11. The lowest BCUT2D eigenvalue weighted by Gasteiger charge is -2.38. The maximum Gasteiger partial charge on any atom is 0.328 e. The number of benzene rings is 2. The summed E-state index contributed by atoms with van der Waals surface area (Å²) < 4.78 is 28.9. The molecular formula is C39H43F2N3O7S3. The molecule has 2 aliphatic carbocycles. The van der Waals surface area contributed by atoms with Crippen LogP contribution in [-0.2, 0) is 24.0 Å². The summed E-state index contributed by atoms with van der Waals surface area (Å²) in [5, 5.41) is 18.4. The molecule has 0 bridgehead atoms. The molecule has 4 N–H and O–H groups in total. The fraction of sp³-hybridized carbons (Fsp3) is 0.462. The van der Waals surface area contributed by atoms with Gasteiger partial charge >= 0.3 is 11.9 Å². The van der Waals surface area contributed by atoms with Gasteiger partial charge < -0.3 is 15.9 Å². The molecule has 0 radical (unpaired) electrons. The minimum atomic E-state index is -1.09. The number of thioether (sulfide) groups is 1. The number of nitrogens with two attached hydrogens (primary N) is 1. The van der Waals surface area contributed by atoms with E-state index in [-0.39, 0.29) is 57.1 Å². The molecule has 5 aliphatic rings. The highest BCUT2D eigenvalue weighted by Crippen LogP contribution is 2.43. The predicted molar refractivity (Wildman–Crippen MR) is 206 cm³/mol. The van der Waals surface area contributed by atoms with Gasteiger partial charge in [0.1, 0.15) is 17.7 Å². The summed E-state index contributed by atoms with van der Waals surface area (Å²) in [5.41, 5.74) is 8.02. The number of Topliss-reactive ketones (excluding diaryl/α,β-unsaturated/α-hetero) is 2. The summed E-state index contributed by atoms with van der Waals surface area (Å²) in [6, 6.07) is 10.5. The summed E-state index contributed by atoms with van der Waals surface area (Å²) in [5.74, 6) is -2.64. The molecule has 0 spiro atoms. The summed E-state index contributed by atoms with van der Waals surface area (Å²) in [6.07, 6.45) is 7.66. The number of nitrogens with zero attached hydrogens (tertiary/aromatic N) is 2. The molecule has 4 fully saturated rings. The van der Waals surface area contributed by atoms with E-state index in [2.05, 4.69) is 4.90 Å². The van der Waals surface area contributed by atoms with Crippen LogP contribution in [0.3, 0.4) is 0 Å². The molecule has 7 rings (SSSR count). The second-order valence-corrected chi connectivity index (χ2v) is 18.1. The van der Waals surface area contributed by atoms with Crippen LogP contribution in [0.4, 0.5) is 8.78 Å². The van der Waals surface area contributed by atoms with Gasteiger partial charge in [0, 0.05) is 71.5 Å². The smallest absolute Gasteiger partial charge is 0.328 e. The fourth-order valence-electron chi connectivity index (χ4n) is 7.12. The van der Waals surface area contributed by atoms with E-state index in [1.165, 1.54) is 45.5 Å². The van der Waals surface area contributed by atoms with Gasteiger partial charge in [-0.05, 0) is 67.9 Å². The van der Waals surface area contributed by atoms with Crippen molar-refractivity contribution in [3.05, 3.63) is 94.6 Å². The summed E-state index contributed by atoms with van der Waals surface area (Å²) >= 11 is 1.37. The minimum absolute atomic E-state index is 0.0207. The van der Waals surface area contributed by atoms with Crippen molar-refractivity contribution in [3.63, 3.8) is 0 Å². The minimum Gasteiger partial charge on any atom is -0.480 e. The van der Waals surface area contributed by atoms with Crippen LogP contribution < -0.4 is 5.73 Å². The van der Waals surface area contributed by atoms with Crippen molar-refractivity contribution in [1.82, 2.24) is 9.80 Å². The number of carbonyl (C=O) groups excluding carboxylic acids is 3. The Balaban J connectivity index is 0.000000192. The standard InChI is InChI=1S/C21H25FN2O5S2.C18H18FNO2S/c22-15-4-2-1-3-14(15)19(20(27)12-5-6-12)24-8-7-17(13(10-24)9-18(25)26)31-30-11-16(23)21(28)29;19-14-4-2-1-3-13(14)17(18(22)11-5-6-11)20-8-7-15-12(10-20)9-16(21)23-15/h1-4,9,12,16-17,19H,5-8,10-11,23H2,(H,25,26)(H,28,29);1-4,9,11,15,17H,5-8,10H2/b13-9-;. The monoisotopic (exact) mass is 799 g/mol. The highest BCUT2D eigenvalue weighted by Gasteiger charge is 2.43. The maximum atomic E-state index is 14.6. The zero-order valence-corrected chi connectivity index (χ0v) is 31.9. The van der Waals surface area contributed by atoms with Gasteiger partial charge in [0.2, 0.25) is 5.12 Å². The molecule has 0 amide bonds. The van der Waals surface area contributed by atoms with Crippen LogP contribution in [0.25, 0.3) is 0 Å². The molecule has 3 heterocycles. The van der Waals surface area contributed by atoms with Crippen LogP contribution in [0, 0.1) is 23.5 Å². The topological polar surface area (TPSA) is 158 Å². The highest BCUT2D eigenvalue weighted by molar-refractivity contribution is 8.77. The zero-order chi connectivity index (χ0) is 38.5. The van der Waals surface area contributed by atoms with E-state index in [1.807, 2.05) is 4.90 Å². The van der Waals surface area contributed by atoms with Gasteiger partial charge in [-0.1, -0.05) is 69.7 Å². The summed E-state index contributed by atoms with van der Waals surface area (Å²) in [7, 11) is 2.68. The summed E-state index contributed by atoms with van der Waals surface area (Å²) in [4.78, 5) is 63.7. The highest BCUT2D eigenvalue weighted by atomic mass is 33.1. The number of hydrogen-bond donors (Lipinski definition) is 3. The largest absolute Gasteiger partial charge is 0.480 e. The Morgan fingerprint density at radius 2 is 1.37 bits per heavy atom. The number of aliphatic carboxylic acids is 2. The number of piperidine rings is 2. The van der Waals surface area contributed by atoms with Crippen LogP contribution in [0.15, 0.2) is 71.8 Å². The molecule has 2 aromatic rings. The molecule has 5 unspecified atom stereocenters. The van der Waals surface area contributed by atoms with Crippen LogP contribution >= 0.6 is 33.3 Å². The van der Waals surface area contributed by atoms with E-state index in [9.17, 15) is 37.9 Å². The first-order chi connectivity index (χ1) is 25.9. The fourth-order valence-corrected chi connectivity index (χ4v) is 11.0. The van der Waals surface area contributed by atoms with E-state index in [0.717, 1.165) is 50.3 Å². The Hall–Kier alpha value is -3.34. The van der Waals surface area contributed by atoms with Gasteiger partial charge in [0.25, 0.3) is 0 Å². The first kappa shape index (κ1) is 40.3. The number of rotatable bonds is 14. The average molecular weight is 800 g/mol. The number of carboxylic acid groups (broad SMARTS) is 2. The van der Waals surface area contributed by atoms with E-state index in [4.69, 9.17) is 10.8 Å². The van der Waals surface area contributed by atoms with Gasteiger partial charge in [-0.15, -0.1) is 0 Å². The van der Waals surface area contributed by atoms with Crippen molar-refractivity contribution in [2.75, 3.05) is 31.9 Å². The van der Waals surface area contributed by atoms with Gasteiger partial charge in [0.05, 0.1) is 12.1 Å². The Kier molecular flexibility index (Phi) is 13.5. The van der Waals surface area contributed by atoms with E-state index in [1.54, 1.807) is 42.5 Å². The third-order valence-electron chi connectivity index (χ3n) is 10.2. The van der Waals surface area contributed by atoms with Crippen LogP contribution in [0.5, 0.6) is 0 Å². The molecular weight excluding hydrogens is 757 g/mol. The Morgan fingerprint density at radius 1 is 0.833 bits per heavy atom. The predicted octanol–water partition coefficient (Wildman–Crippen LogP) is 5.84. The van der Waals surface area contributed by atoms with Crippen molar-refractivity contribution in [3.8, 4) is 0 Å². The van der Waals surface area contributed by atoms with Crippen molar-refractivity contribution in [2.24, 2.45) is 17.6 Å². The number of halogens is 2. The van der Waals surface area contributed by atoms with Crippen LogP contribution in [0.2, 0.25) is 0 Å². The second kappa shape index (κ2) is 18.1. The Morgan fingerprint density at radius 3 is 1.89 bits per heavy atom. The molecule has 2 saturated carbocycles. The van der Waals surface area contributed by atoms with Crippen LogP contribution in [-0.4, -0.2) is 97.1 Å². The number of ketones is 2. The lowest BCUT2D eigenvalue weighted by Crippen LogP contribution is -2.43. The molecule has 3 aliphatic heterocycles. The van der Waals surface area contributed by atoms with E-state index in [0.29, 0.717) is 36.2 Å². The first-order valence-electron chi connectivity index (χ1n) is 18.1. The van der Waals surface area contributed by atoms with Gasteiger partial charge in [-0.3, -0.25) is 29.0 Å². The van der Waals surface area contributed by atoms with Gasteiger partial charge in [-0.25, -0.2) is 13.6 Å². The Bertz CT molecular complexity index is 1840. The van der Waals surface area contributed by atoms with E-state index >= 15 is 0 Å². The van der Waals surface area contributed by atoms with Crippen molar-refractivity contribution >= 4 is 62.0 Å². The summed E-state index contributed by atoms with van der Waals surface area (Å²) in [6.45, 7) is 2.03. The SMILES string of the molecule is NC(CSSC1CCN(C(C(=O)C2CC2)c2ccccc2F)C/C1=C/C(=O)O)C(=O)O.O=C1C=C2CN(C(C(=O)C3CC3)c3ccccc3F)CCC2S1. The zero-order valence-electron chi connectivity index (χ0n) is 29.5. The number of carboxylic acids is 2. The molecule has 15 heteroatoms. The normalized spacial score (nSPS) is 24.1. The van der Waals surface area contributed by atoms with Gasteiger partial charge in [0.15, 0.2) is 11.6 Å². The number of fused-ring (bicyclic) bond motifs is 1. The molecule has 10 nitrogen and oxygen atoms in total. The average Bonchev–Trinajstić information content (AvgIpc) is 4.07. The lowest BCUT2D eigenvalue weighted by atomic mass is 9.93. The molecule has 0 aromatic heterocycles. The quantitative estimate of drug-likeness (QED) is 0.155. The Labute approximate surface area is 324 Å². The lowest BCUT2D eigenvalue weighted by molar-refractivity contribution is -0.138. The molecule has 54 heavy (non-hydrogen) atoms. The first-order valence-corrected chi connectivity index (χ1v) is 21.3. The molecule has 5 atom stereocenters.